The molecule has 0 amide bonds. The second kappa shape index (κ2) is 8.64. The van der Waals surface area contributed by atoms with E-state index >= 15 is 0 Å². The molecule has 0 unspecified atom stereocenters. The molecule has 0 bridgehead atoms. The lowest BCUT2D eigenvalue weighted by Gasteiger charge is -2.38. The predicted molar refractivity (Wildman–Crippen MR) is 157 cm³/mol. The summed E-state index contributed by atoms with van der Waals surface area (Å²) in [6.45, 7) is 0. The predicted octanol–water partition coefficient (Wildman–Crippen LogP) is 6.84. The minimum Gasteiger partial charge on any atom is -0.165 e. The molecule has 27 heteroatoms. The van der Waals surface area contributed by atoms with Gasteiger partial charge in [-0.25, -0.2) is 0 Å². The van der Waals surface area contributed by atoms with Crippen molar-refractivity contribution in [1.29, 1.82) is 0 Å². The molecule has 2 saturated heterocycles. The van der Waals surface area contributed by atoms with Crippen LogP contribution in [0.5, 0.6) is 0 Å². The van der Waals surface area contributed by atoms with E-state index in [1.165, 1.54) is 0 Å². The van der Waals surface area contributed by atoms with Gasteiger partial charge in [0.05, 0.1) is 0 Å². The second-order valence-electron chi connectivity index (χ2n) is 5.85. The number of hydrogen-bond donors (Lipinski definition) is 0. The summed E-state index contributed by atoms with van der Waals surface area (Å²) < 4.78 is 0. The summed E-state index contributed by atoms with van der Waals surface area (Å²) in [6.07, 6.45) is -14.8. The highest BCUT2D eigenvalue weighted by atomic mass is 35.8. The van der Waals surface area contributed by atoms with E-state index in [4.69, 9.17) is 177 Å². The minimum atomic E-state index is -3.79. The summed E-state index contributed by atoms with van der Waals surface area (Å²) in [7, 11) is -0.245. The summed E-state index contributed by atoms with van der Waals surface area (Å²) in [6, 6.07) is 0. The van der Waals surface area contributed by atoms with Crippen LogP contribution < -0.4 is 0 Å². The molecule has 2 aliphatic heterocycles. The van der Waals surface area contributed by atoms with Crippen molar-refractivity contribution in [1.82, 2.24) is 0 Å². The van der Waals surface area contributed by atoms with E-state index in [1.54, 1.807) is 0 Å². The molecule has 0 aliphatic carbocycles. The van der Waals surface area contributed by atoms with Crippen LogP contribution in [0.25, 0.3) is 0 Å². The van der Waals surface area contributed by atoms with Crippen molar-refractivity contribution in [2.75, 3.05) is 0 Å². The van der Waals surface area contributed by atoms with E-state index in [0.717, 1.165) is 0 Å². The molecular formula is B2Cl16Si9. The fourth-order valence-electron chi connectivity index (χ4n) is 2.75. The molecule has 2 radical (unpaired) electrons. The van der Waals surface area contributed by atoms with E-state index in [2.05, 4.69) is 0 Å². The third-order valence-corrected chi connectivity index (χ3v) is 189. The van der Waals surface area contributed by atoms with Gasteiger partial charge in [0.1, 0.15) is 0 Å². The minimum absolute atomic E-state index is 0.245. The summed E-state index contributed by atoms with van der Waals surface area (Å²) in [5.41, 5.74) is -15.9. The van der Waals surface area contributed by atoms with Crippen LogP contribution in [0, 0.1) is 0 Å². The fourth-order valence-corrected chi connectivity index (χ4v) is 252. The Morgan fingerprint density at radius 1 is 0.519 bits per heavy atom. The largest absolute Gasteiger partial charge is 0.287 e. The van der Waals surface area contributed by atoms with Crippen molar-refractivity contribution in [2.45, 2.75) is 0 Å². The lowest BCUT2D eigenvalue weighted by molar-refractivity contribution is 3.24. The molecule has 0 atom stereocenters. The van der Waals surface area contributed by atoms with E-state index in [9.17, 15) is 0 Å². The Morgan fingerprint density at radius 2 is 0.852 bits per heavy atom. The number of halogens is 16. The Labute approximate surface area is 240 Å². The van der Waals surface area contributed by atoms with Gasteiger partial charge in [-0.3, -0.25) is 0 Å². The molecule has 0 aromatic heterocycles. The molecular weight excluding hydrogens is 842 g/mol. The first-order valence-corrected chi connectivity index (χ1v) is 45.9. The van der Waals surface area contributed by atoms with Crippen LogP contribution in [0.4, 0.5) is 0 Å². The van der Waals surface area contributed by atoms with Crippen molar-refractivity contribution in [2.24, 2.45) is 0 Å². The standard InChI is InChI=1S/B2Cl16Si9/c3-20(4,1-19-24(11,12)25(13,14)21(1,5)6)2-22(7,8)26(15,16)27(17,18)23(2,9)10. The van der Waals surface area contributed by atoms with Crippen LogP contribution in [-0.2, 0) is 0 Å². The van der Waals surface area contributed by atoms with E-state index in [0.29, 0.717) is 0 Å². The first kappa shape index (κ1) is 29.9. The van der Waals surface area contributed by atoms with Gasteiger partial charge in [-0.1, -0.05) is 0 Å². The van der Waals surface area contributed by atoms with Gasteiger partial charge < -0.3 is 0 Å². The maximum atomic E-state index is 6.94. The maximum absolute atomic E-state index is 6.94. The summed E-state index contributed by atoms with van der Waals surface area (Å²) in [5, 5.41) is 0. The highest BCUT2D eigenvalue weighted by Gasteiger charge is 2.94. The summed E-state index contributed by atoms with van der Waals surface area (Å²) >= 11 is 106. The molecule has 2 aliphatic rings. The molecule has 0 N–H and O–H groups in total. The fraction of sp³-hybridized carbons (Fsp3) is 0. The zero-order valence-corrected chi connectivity index (χ0v) is 32.8. The molecule has 27 heavy (non-hydrogen) atoms. The average Bonchev–Trinajstić information content (AvgIpc) is 2.58. The van der Waals surface area contributed by atoms with Crippen LogP contribution in [0.15, 0.2) is 0 Å². The highest BCUT2D eigenvalue weighted by molar-refractivity contribution is 8.53. The van der Waals surface area contributed by atoms with Crippen molar-refractivity contribution >= 4 is 245 Å². The summed E-state index contributed by atoms with van der Waals surface area (Å²) in [5.74, 6) is 0. The van der Waals surface area contributed by atoms with Gasteiger partial charge >= 0.3 is 0 Å². The molecule has 0 spiro atoms. The average molecular weight is 842 g/mol. The van der Waals surface area contributed by atoms with Crippen LogP contribution in [0.1, 0.15) is 0 Å². The van der Waals surface area contributed by atoms with E-state index in [-0.39, 0.29) is 8.91 Å². The third kappa shape index (κ3) is 4.11. The molecule has 0 nitrogen and oxygen atoms in total. The van der Waals surface area contributed by atoms with Crippen LogP contribution in [0.3, 0.4) is 0 Å². The lowest BCUT2D eigenvalue weighted by Crippen LogP contribution is -2.77. The van der Waals surface area contributed by atoms with Gasteiger partial charge in [0.2, 0.25) is 29.5 Å². The normalized spacial score (nSPS) is 32.0. The third-order valence-electron chi connectivity index (χ3n) is 4.23. The summed E-state index contributed by atoms with van der Waals surface area (Å²) in [4.78, 5) is 0. The smallest absolute Gasteiger partial charge is 0.165 e. The number of rotatable bonds is 2. The molecule has 0 saturated carbocycles. The zero-order valence-electron chi connectivity index (χ0n) is 11.7. The van der Waals surface area contributed by atoms with Crippen LogP contribution in [-0.4, -0.2) is 67.5 Å². The van der Waals surface area contributed by atoms with Crippen molar-refractivity contribution < 1.29 is 0 Å². The first-order valence-electron chi connectivity index (χ1n) is 6.26. The zero-order chi connectivity index (χ0) is 21.9. The van der Waals surface area contributed by atoms with Gasteiger partial charge in [-0.05, 0) is 0 Å². The van der Waals surface area contributed by atoms with Gasteiger partial charge in [0.15, 0.2) is 11.9 Å². The molecule has 2 heterocycles. The monoisotopic (exact) mass is 833 g/mol. The van der Waals surface area contributed by atoms with Crippen molar-refractivity contribution in [3.05, 3.63) is 0 Å². The molecule has 2 fully saturated rings. The Morgan fingerprint density at radius 3 is 1.11 bits per heavy atom. The number of hydrogen-bond acceptors (Lipinski definition) is 0. The van der Waals surface area contributed by atoms with Gasteiger partial charge in [-0.15, -0.1) is 66.5 Å². The van der Waals surface area contributed by atoms with Crippen LogP contribution >= 0.6 is 177 Å². The van der Waals surface area contributed by atoms with Crippen molar-refractivity contribution in [3.8, 4) is 0 Å². The topological polar surface area (TPSA) is 0 Å². The van der Waals surface area contributed by atoms with Crippen molar-refractivity contribution in [3.63, 3.8) is 0 Å². The van der Waals surface area contributed by atoms with Crippen LogP contribution in [0.2, 0.25) is 0 Å². The molecule has 0 aromatic carbocycles. The second-order valence-corrected chi connectivity index (χ2v) is 108. The van der Waals surface area contributed by atoms with Gasteiger partial charge in [0, 0.05) is 8.91 Å². The Hall–Kier alpha value is 6.72. The lowest BCUT2D eigenvalue weighted by atomic mass is 10.6. The van der Waals surface area contributed by atoms with Gasteiger partial charge in [0.25, 0.3) is 17.2 Å². The molecule has 2 rings (SSSR count). The Kier molecular flexibility index (Phi) is 9.59. The highest BCUT2D eigenvalue weighted by Crippen LogP contribution is 2.63. The quantitative estimate of drug-likeness (QED) is 0.211. The van der Waals surface area contributed by atoms with E-state index < -0.39 is 58.6 Å². The first-order chi connectivity index (χ1) is 11.5. The maximum Gasteiger partial charge on any atom is 0.287 e. The van der Waals surface area contributed by atoms with Gasteiger partial charge in [-0.2, -0.15) is 111 Å². The Balaban J connectivity index is 2.70. The van der Waals surface area contributed by atoms with E-state index in [1.807, 2.05) is 0 Å². The Bertz CT molecular complexity index is 612. The SMILES string of the molecule is Cl[Si](Cl)(B1[Si][Si](Cl)(Cl)[Si](Cl)(Cl)[Si]1(Cl)Cl)B1[Si](Cl)(Cl)[Si](Cl)(Cl)[Si](Cl)(Cl)[Si]1(Cl)Cl. The molecule has 154 valence electrons. The molecule has 0 aromatic rings.